The number of fused-ring (bicyclic) bond motifs is 1. The lowest BCUT2D eigenvalue weighted by Crippen LogP contribution is -2.13. The van der Waals surface area contributed by atoms with E-state index >= 15 is 0 Å². The zero-order valence-electron chi connectivity index (χ0n) is 8.70. The molecule has 0 aliphatic carbocycles. The van der Waals surface area contributed by atoms with Crippen LogP contribution in [0.2, 0.25) is 0 Å². The minimum absolute atomic E-state index is 0.397. The van der Waals surface area contributed by atoms with Gasteiger partial charge in [0.05, 0.1) is 11.9 Å². The fraction of sp³-hybridized carbons (Fsp3) is 0.400. The van der Waals surface area contributed by atoms with Crippen molar-refractivity contribution in [3.05, 3.63) is 24.3 Å². The van der Waals surface area contributed by atoms with Gasteiger partial charge in [-0.15, -0.1) is 0 Å². The maximum atomic E-state index is 4.48. The van der Waals surface area contributed by atoms with E-state index in [1.54, 1.807) is 0 Å². The van der Waals surface area contributed by atoms with Crippen LogP contribution >= 0.6 is 0 Å². The average molecular weight is 190 g/mol. The Morgan fingerprint density at radius 1 is 1.50 bits per heavy atom. The first kappa shape index (κ1) is 8.99. The summed E-state index contributed by atoms with van der Waals surface area (Å²) < 4.78 is 0. The number of anilines is 2. The van der Waals surface area contributed by atoms with Crippen LogP contribution in [0.1, 0.15) is 25.5 Å². The predicted octanol–water partition coefficient (Wildman–Crippen LogP) is 1.93. The molecule has 1 aromatic heterocycles. The smallest absolute Gasteiger partial charge is 0.177 e. The third-order valence-corrected chi connectivity index (χ3v) is 2.35. The standard InChI is InChI=1S/C10H14N4/c1-6(2)8-5-11-10-9(13-8)12-7(3)14(10)4/h5-6H,3H2,1-2,4H3,(H,12,13). The minimum Gasteiger partial charge on any atom is -0.324 e. The van der Waals surface area contributed by atoms with Crippen molar-refractivity contribution in [2.24, 2.45) is 0 Å². The molecule has 0 bridgehead atoms. The fourth-order valence-corrected chi connectivity index (χ4v) is 1.35. The first-order valence-corrected chi connectivity index (χ1v) is 4.66. The van der Waals surface area contributed by atoms with Crippen LogP contribution in [0.5, 0.6) is 0 Å². The molecule has 0 spiro atoms. The van der Waals surface area contributed by atoms with Crippen LogP contribution in [0.25, 0.3) is 0 Å². The maximum absolute atomic E-state index is 4.48. The molecule has 4 nitrogen and oxygen atoms in total. The predicted molar refractivity (Wildman–Crippen MR) is 57.3 cm³/mol. The van der Waals surface area contributed by atoms with Gasteiger partial charge < -0.3 is 10.2 Å². The van der Waals surface area contributed by atoms with Crippen molar-refractivity contribution in [1.29, 1.82) is 0 Å². The Morgan fingerprint density at radius 2 is 2.21 bits per heavy atom. The Labute approximate surface area is 83.7 Å². The second kappa shape index (κ2) is 2.97. The number of hydrogen-bond donors (Lipinski definition) is 1. The molecule has 1 aliphatic rings. The van der Waals surface area contributed by atoms with Gasteiger partial charge in [-0.1, -0.05) is 20.4 Å². The van der Waals surface area contributed by atoms with Gasteiger partial charge in [0.25, 0.3) is 0 Å². The van der Waals surface area contributed by atoms with Gasteiger partial charge in [0, 0.05) is 7.05 Å². The van der Waals surface area contributed by atoms with Gasteiger partial charge in [-0.25, -0.2) is 9.97 Å². The Hall–Kier alpha value is -1.58. The molecule has 2 rings (SSSR count). The molecule has 0 fully saturated rings. The molecule has 1 aliphatic heterocycles. The number of nitrogens with one attached hydrogen (secondary N) is 1. The molecule has 2 heterocycles. The summed E-state index contributed by atoms with van der Waals surface area (Å²) in [5, 5.41) is 3.10. The van der Waals surface area contributed by atoms with Crippen LogP contribution in [0.4, 0.5) is 11.6 Å². The van der Waals surface area contributed by atoms with E-state index in [-0.39, 0.29) is 0 Å². The van der Waals surface area contributed by atoms with E-state index < -0.39 is 0 Å². The summed E-state index contributed by atoms with van der Waals surface area (Å²) in [6.07, 6.45) is 1.82. The molecule has 0 aromatic carbocycles. The van der Waals surface area contributed by atoms with Crippen molar-refractivity contribution in [3.63, 3.8) is 0 Å². The van der Waals surface area contributed by atoms with Crippen LogP contribution < -0.4 is 10.2 Å². The molecule has 0 unspecified atom stereocenters. The molecule has 74 valence electrons. The van der Waals surface area contributed by atoms with E-state index in [1.807, 2.05) is 18.1 Å². The molecule has 1 N–H and O–H groups in total. The van der Waals surface area contributed by atoms with Gasteiger partial charge >= 0.3 is 0 Å². The summed E-state index contributed by atoms with van der Waals surface area (Å²) in [6.45, 7) is 8.06. The van der Waals surface area contributed by atoms with Crippen LogP contribution in [-0.2, 0) is 0 Å². The molecule has 0 saturated heterocycles. The third-order valence-electron chi connectivity index (χ3n) is 2.35. The first-order valence-electron chi connectivity index (χ1n) is 4.66. The fourth-order valence-electron chi connectivity index (χ4n) is 1.35. The highest BCUT2D eigenvalue weighted by atomic mass is 15.3. The zero-order chi connectivity index (χ0) is 10.3. The van der Waals surface area contributed by atoms with Gasteiger partial charge in [0.1, 0.15) is 5.82 Å². The van der Waals surface area contributed by atoms with Crippen LogP contribution in [0, 0.1) is 0 Å². The minimum atomic E-state index is 0.397. The molecular weight excluding hydrogens is 176 g/mol. The molecule has 4 heteroatoms. The Balaban J connectivity index is 2.44. The van der Waals surface area contributed by atoms with Gasteiger partial charge in [-0.3, -0.25) is 0 Å². The molecular formula is C10H14N4. The lowest BCUT2D eigenvalue weighted by atomic mass is 10.1. The Kier molecular flexibility index (Phi) is 1.91. The zero-order valence-corrected chi connectivity index (χ0v) is 8.70. The highest BCUT2D eigenvalue weighted by Crippen LogP contribution is 2.31. The summed E-state index contributed by atoms with van der Waals surface area (Å²) in [5.74, 6) is 2.87. The van der Waals surface area contributed by atoms with E-state index in [1.165, 1.54) is 0 Å². The molecule has 0 saturated carbocycles. The number of aromatic nitrogens is 2. The largest absolute Gasteiger partial charge is 0.324 e. The lowest BCUT2D eigenvalue weighted by molar-refractivity contribution is 0.815. The number of nitrogens with zero attached hydrogens (tertiary/aromatic N) is 3. The first-order chi connectivity index (χ1) is 6.59. The van der Waals surface area contributed by atoms with Gasteiger partial charge in [0.15, 0.2) is 11.6 Å². The summed E-state index contributed by atoms with van der Waals surface area (Å²) in [6, 6.07) is 0. The molecule has 0 amide bonds. The van der Waals surface area contributed by atoms with Gasteiger partial charge in [-0.05, 0) is 5.92 Å². The summed E-state index contributed by atoms with van der Waals surface area (Å²) >= 11 is 0. The highest BCUT2D eigenvalue weighted by Gasteiger charge is 2.22. The van der Waals surface area contributed by atoms with Crippen LogP contribution in [-0.4, -0.2) is 17.0 Å². The van der Waals surface area contributed by atoms with E-state index in [9.17, 15) is 0 Å². The normalized spacial score (nSPS) is 14.6. The summed E-state index contributed by atoms with van der Waals surface area (Å²) in [7, 11) is 1.92. The SMILES string of the molecule is C=C1Nc2nc(C(C)C)cnc2N1C. The number of hydrogen-bond acceptors (Lipinski definition) is 4. The lowest BCUT2D eigenvalue weighted by Gasteiger charge is -2.09. The van der Waals surface area contributed by atoms with E-state index in [0.717, 1.165) is 23.2 Å². The topological polar surface area (TPSA) is 41.1 Å². The van der Waals surface area contributed by atoms with Gasteiger partial charge in [0.2, 0.25) is 0 Å². The average Bonchev–Trinajstić information content (AvgIpc) is 2.42. The Bertz CT molecular complexity index is 384. The van der Waals surface area contributed by atoms with Gasteiger partial charge in [-0.2, -0.15) is 0 Å². The number of rotatable bonds is 1. The van der Waals surface area contributed by atoms with Crippen LogP contribution in [0.15, 0.2) is 18.6 Å². The van der Waals surface area contributed by atoms with Crippen molar-refractivity contribution in [3.8, 4) is 0 Å². The third kappa shape index (κ3) is 1.23. The summed E-state index contributed by atoms with van der Waals surface area (Å²) in [5.41, 5.74) is 0.999. The van der Waals surface area contributed by atoms with E-state index in [4.69, 9.17) is 0 Å². The maximum Gasteiger partial charge on any atom is 0.177 e. The molecule has 14 heavy (non-hydrogen) atoms. The van der Waals surface area contributed by atoms with Crippen molar-refractivity contribution >= 4 is 11.6 Å². The summed E-state index contributed by atoms with van der Waals surface area (Å²) in [4.78, 5) is 10.7. The van der Waals surface area contributed by atoms with Crippen molar-refractivity contribution in [2.75, 3.05) is 17.3 Å². The Morgan fingerprint density at radius 3 is 2.86 bits per heavy atom. The van der Waals surface area contributed by atoms with Crippen LogP contribution in [0.3, 0.4) is 0 Å². The van der Waals surface area contributed by atoms with Crippen molar-refractivity contribution in [1.82, 2.24) is 9.97 Å². The monoisotopic (exact) mass is 190 g/mol. The highest BCUT2D eigenvalue weighted by molar-refractivity contribution is 5.73. The van der Waals surface area contributed by atoms with E-state index in [0.29, 0.717) is 5.92 Å². The van der Waals surface area contributed by atoms with E-state index in [2.05, 4.69) is 35.7 Å². The molecule has 0 atom stereocenters. The van der Waals surface area contributed by atoms with Crippen molar-refractivity contribution in [2.45, 2.75) is 19.8 Å². The molecule has 1 aromatic rings. The van der Waals surface area contributed by atoms with Crippen molar-refractivity contribution < 1.29 is 0 Å². The quantitative estimate of drug-likeness (QED) is 0.734. The second-order valence-corrected chi connectivity index (χ2v) is 3.75. The second-order valence-electron chi connectivity index (χ2n) is 3.75. The molecule has 0 radical (unpaired) electrons.